The van der Waals surface area contributed by atoms with E-state index in [0.717, 1.165) is 0 Å². The van der Waals surface area contributed by atoms with Crippen LogP contribution in [0, 0.1) is 0 Å². The van der Waals surface area contributed by atoms with Crippen LogP contribution in [0.5, 0.6) is 11.5 Å². The monoisotopic (exact) mass is 274 g/mol. The average Bonchev–Trinajstić information content (AvgIpc) is 2.42. The van der Waals surface area contributed by atoms with Gasteiger partial charge in [-0.1, -0.05) is 30.3 Å². The van der Waals surface area contributed by atoms with E-state index in [1.54, 1.807) is 42.5 Å². The molecule has 0 aliphatic rings. The molecule has 0 aliphatic carbocycles. The molecule has 1 atom stereocenters. The lowest BCUT2D eigenvalue weighted by atomic mass is 10.3. The molecule has 0 saturated carbocycles. The first-order valence-corrected chi connectivity index (χ1v) is 6.44. The van der Waals surface area contributed by atoms with E-state index in [2.05, 4.69) is 4.99 Å². The van der Waals surface area contributed by atoms with E-state index >= 15 is 0 Å². The Morgan fingerprint density at radius 3 is 2.37 bits per heavy atom. The summed E-state index contributed by atoms with van der Waals surface area (Å²) in [7, 11) is -2.40. The molecule has 0 N–H and O–H groups in total. The number of hydrogen-bond acceptors (Lipinski definition) is 5. The van der Waals surface area contributed by atoms with Gasteiger partial charge in [0.15, 0.2) is 5.75 Å². The molecule has 6 heteroatoms. The van der Waals surface area contributed by atoms with Gasteiger partial charge >= 0.3 is 8.25 Å². The van der Waals surface area contributed by atoms with Gasteiger partial charge in [-0.3, -0.25) is 0 Å². The highest BCUT2D eigenvalue weighted by atomic mass is 31.1. The van der Waals surface area contributed by atoms with Crippen molar-refractivity contribution in [3.8, 4) is 11.5 Å². The molecular weight excluding hydrogens is 265 g/mol. The Bertz CT molecular complexity index is 624. The van der Waals surface area contributed by atoms with Crippen LogP contribution in [-0.2, 0) is 9.36 Å². The number of aliphatic imine (C=N–C) groups is 1. The Hall–Kier alpha value is -2.48. The van der Waals surface area contributed by atoms with Gasteiger partial charge in [0.2, 0.25) is 11.8 Å². The first kappa shape index (κ1) is 13.0. The summed E-state index contributed by atoms with van der Waals surface area (Å²) in [5, 5.41) is 0. The highest BCUT2D eigenvalue weighted by Gasteiger charge is 2.25. The molecular formula is C13H9NO4P+. The van der Waals surface area contributed by atoms with Crippen molar-refractivity contribution in [1.29, 1.82) is 0 Å². The molecule has 2 rings (SSSR count). The molecule has 0 heterocycles. The molecule has 0 saturated heterocycles. The quantitative estimate of drug-likeness (QED) is 0.473. The van der Waals surface area contributed by atoms with Gasteiger partial charge in [-0.05, 0) is 24.3 Å². The van der Waals surface area contributed by atoms with E-state index in [-0.39, 0.29) is 11.4 Å². The van der Waals surface area contributed by atoms with Crippen LogP contribution in [0.1, 0.15) is 0 Å². The SMILES string of the molecule is O=C=Nc1ccccc1O[P+](=O)Oc1ccccc1. The predicted molar refractivity (Wildman–Crippen MR) is 69.5 cm³/mol. The zero-order valence-corrected chi connectivity index (χ0v) is 10.6. The maximum Gasteiger partial charge on any atom is 0.805 e. The normalized spacial score (nSPS) is 10.2. The summed E-state index contributed by atoms with van der Waals surface area (Å²) >= 11 is 0. The van der Waals surface area contributed by atoms with Gasteiger partial charge in [-0.2, -0.15) is 4.99 Å². The Labute approximate surface area is 110 Å². The van der Waals surface area contributed by atoms with Crippen LogP contribution in [0.15, 0.2) is 59.6 Å². The van der Waals surface area contributed by atoms with Crippen molar-refractivity contribution >= 4 is 20.0 Å². The highest BCUT2D eigenvalue weighted by molar-refractivity contribution is 7.34. The van der Waals surface area contributed by atoms with Crippen LogP contribution in [0.3, 0.4) is 0 Å². The second-order valence-electron chi connectivity index (χ2n) is 3.39. The lowest BCUT2D eigenvalue weighted by Gasteiger charge is -1.96. The molecule has 1 unspecified atom stereocenters. The molecule has 2 aromatic carbocycles. The van der Waals surface area contributed by atoms with Crippen LogP contribution >= 0.6 is 8.25 Å². The van der Waals surface area contributed by atoms with Gasteiger partial charge in [-0.25, -0.2) is 13.8 Å². The van der Waals surface area contributed by atoms with Crippen molar-refractivity contribution in [3.63, 3.8) is 0 Å². The van der Waals surface area contributed by atoms with Gasteiger partial charge in [0.1, 0.15) is 5.69 Å². The van der Waals surface area contributed by atoms with Crippen molar-refractivity contribution in [2.45, 2.75) is 0 Å². The molecule has 0 fully saturated rings. The molecule has 94 valence electrons. The fraction of sp³-hybridized carbons (Fsp3) is 0. The molecule has 0 aliphatic heterocycles. The summed E-state index contributed by atoms with van der Waals surface area (Å²) in [5.74, 6) is 0.628. The zero-order valence-electron chi connectivity index (χ0n) is 9.72. The highest BCUT2D eigenvalue weighted by Crippen LogP contribution is 2.35. The molecule has 0 spiro atoms. The van der Waals surface area contributed by atoms with Crippen LogP contribution < -0.4 is 9.05 Å². The standard InChI is InChI=1S/C13H9NO4P/c15-10-14-12-8-4-5-9-13(12)18-19(16)17-11-6-2-1-3-7-11/h1-9H/q+1. The first-order chi connectivity index (χ1) is 9.29. The number of benzene rings is 2. The van der Waals surface area contributed by atoms with E-state index in [1.807, 2.05) is 6.07 Å². The third-order valence-electron chi connectivity index (χ3n) is 2.13. The number of nitrogens with zero attached hydrogens (tertiary/aromatic N) is 1. The van der Waals surface area contributed by atoms with E-state index in [4.69, 9.17) is 9.05 Å². The predicted octanol–water partition coefficient (Wildman–Crippen LogP) is 3.77. The molecule has 0 radical (unpaired) electrons. The van der Waals surface area contributed by atoms with E-state index in [9.17, 15) is 9.36 Å². The number of isocyanates is 1. The maximum atomic E-state index is 11.7. The number of carbonyl (C=O) groups excluding carboxylic acids is 1. The Kier molecular flexibility index (Phi) is 4.40. The molecule has 19 heavy (non-hydrogen) atoms. The Morgan fingerprint density at radius 2 is 1.63 bits per heavy atom. The lowest BCUT2D eigenvalue weighted by molar-refractivity contribution is 0.416. The van der Waals surface area contributed by atoms with Gasteiger partial charge in [-0.15, -0.1) is 0 Å². The number of rotatable bonds is 5. The average molecular weight is 274 g/mol. The number of para-hydroxylation sites is 3. The second kappa shape index (κ2) is 6.45. The third kappa shape index (κ3) is 3.75. The second-order valence-corrected chi connectivity index (χ2v) is 4.20. The van der Waals surface area contributed by atoms with Crippen molar-refractivity contribution in [2.75, 3.05) is 0 Å². The molecule has 0 bridgehead atoms. The summed E-state index contributed by atoms with van der Waals surface area (Å²) in [6.45, 7) is 0. The summed E-state index contributed by atoms with van der Waals surface area (Å²) in [5.41, 5.74) is 0.248. The molecule has 5 nitrogen and oxygen atoms in total. The van der Waals surface area contributed by atoms with Crippen molar-refractivity contribution in [1.82, 2.24) is 0 Å². The Morgan fingerprint density at radius 1 is 0.947 bits per heavy atom. The fourth-order valence-electron chi connectivity index (χ4n) is 1.34. The van der Waals surface area contributed by atoms with Crippen LogP contribution in [0.4, 0.5) is 5.69 Å². The summed E-state index contributed by atoms with van der Waals surface area (Å²) in [6, 6.07) is 15.1. The van der Waals surface area contributed by atoms with Crippen molar-refractivity contribution in [2.24, 2.45) is 4.99 Å². The lowest BCUT2D eigenvalue weighted by Crippen LogP contribution is -1.88. The van der Waals surface area contributed by atoms with E-state index in [1.165, 1.54) is 12.1 Å². The van der Waals surface area contributed by atoms with Crippen LogP contribution in [0.25, 0.3) is 0 Å². The fourth-order valence-corrected chi connectivity index (χ4v) is 1.99. The summed E-state index contributed by atoms with van der Waals surface area (Å²) < 4.78 is 21.9. The zero-order chi connectivity index (χ0) is 13.5. The Balaban J connectivity index is 2.09. The van der Waals surface area contributed by atoms with E-state index in [0.29, 0.717) is 5.75 Å². The van der Waals surface area contributed by atoms with Crippen molar-refractivity contribution in [3.05, 3.63) is 54.6 Å². The molecule has 2 aromatic rings. The minimum absolute atomic E-state index is 0.197. The maximum absolute atomic E-state index is 11.7. The molecule has 0 amide bonds. The van der Waals surface area contributed by atoms with Gasteiger partial charge in [0, 0.05) is 4.57 Å². The topological polar surface area (TPSA) is 65.0 Å². The molecule has 0 aromatic heterocycles. The summed E-state index contributed by atoms with van der Waals surface area (Å²) in [4.78, 5) is 13.7. The smallest absolute Gasteiger partial charge is 0.222 e. The van der Waals surface area contributed by atoms with Gasteiger partial charge in [0.25, 0.3) is 0 Å². The number of hydrogen-bond donors (Lipinski definition) is 0. The summed E-state index contributed by atoms with van der Waals surface area (Å²) in [6.07, 6.45) is 1.41. The van der Waals surface area contributed by atoms with Crippen LogP contribution in [-0.4, -0.2) is 6.08 Å². The van der Waals surface area contributed by atoms with Gasteiger partial charge < -0.3 is 0 Å². The minimum atomic E-state index is -2.40. The first-order valence-electron chi connectivity index (χ1n) is 5.35. The third-order valence-corrected chi connectivity index (χ3v) is 2.83. The van der Waals surface area contributed by atoms with E-state index < -0.39 is 8.25 Å². The van der Waals surface area contributed by atoms with Crippen LogP contribution in [0.2, 0.25) is 0 Å². The minimum Gasteiger partial charge on any atom is -0.222 e. The van der Waals surface area contributed by atoms with Crippen molar-refractivity contribution < 1.29 is 18.4 Å². The van der Waals surface area contributed by atoms with Gasteiger partial charge in [0.05, 0.1) is 0 Å². The largest absolute Gasteiger partial charge is 0.805 e.